The van der Waals surface area contributed by atoms with Crippen LogP contribution in [0.1, 0.15) is 48.2 Å². The first-order chi connectivity index (χ1) is 13.9. The minimum atomic E-state index is -0.529. The number of ketones is 1. The largest absolute Gasteiger partial charge is 0.341 e. The van der Waals surface area contributed by atoms with Gasteiger partial charge < -0.3 is 10.6 Å². The monoisotopic (exact) mass is 428 g/mol. The summed E-state index contributed by atoms with van der Waals surface area (Å²) in [6, 6.07) is 17.4. The normalized spacial score (nSPS) is 15.5. The third-order valence-corrected chi connectivity index (χ3v) is 5.68. The van der Waals surface area contributed by atoms with Gasteiger partial charge in [0.2, 0.25) is 5.91 Å². The van der Waals surface area contributed by atoms with E-state index in [1.54, 1.807) is 0 Å². The maximum atomic E-state index is 12.9. The molecule has 4 nitrogen and oxygen atoms in total. The van der Waals surface area contributed by atoms with Crippen LogP contribution in [0.15, 0.2) is 54.6 Å². The number of likely N-dealkylation sites (tertiary alicyclic amines) is 1. The molecule has 162 valence electrons. The van der Waals surface area contributed by atoms with Crippen molar-refractivity contribution in [2.24, 2.45) is 17.6 Å². The zero-order valence-electron chi connectivity index (χ0n) is 17.9. The van der Waals surface area contributed by atoms with Crippen molar-refractivity contribution in [3.05, 3.63) is 71.3 Å². The summed E-state index contributed by atoms with van der Waals surface area (Å²) in [6.45, 7) is 5.59. The van der Waals surface area contributed by atoms with Gasteiger partial charge in [0, 0.05) is 24.6 Å². The van der Waals surface area contributed by atoms with E-state index in [-0.39, 0.29) is 30.0 Å². The molecule has 1 unspecified atom stereocenters. The van der Waals surface area contributed by atoms with Crippen molar-refractivity contribution in [2.45, 2.75) is 45.6 Å². The Bertz CT molecular complexity index is 813. The number of halogens is 1. The SMILES string of the molecule is CC(C)Cc1ccc(C(=O)C2CCN(C(=O)C(N)Cc3ccccc3)CC2)cc1.Cl. The molecule has 0 bridgehead atoms. The van der Waals surface area contributed by atoms with Crippen molar-refractivity contribution in [3.63, 3.8) is 0 Å². The van der Waals surface area contributed by atoms with E-state index >= 15 is 0 Å². The molecule has 3 rings (SSSR count). The molecule has 2 N–H and O–H groups in total. The number of hydrogen-bond donors (Lipinski definition) is 1. The lowest BCUT2D eigenvalue weighted by molar-refractivity contribution is -0.133. The molecule has 1 aliphatic heterocycles. The molecule has 1 atom stereocenters. The Hall–Kier alpha value is -2.17. The minimum absolute atomic E-state index is 0. The fourth-order valence-electron chi connectivity index (χ4n) is 4.06. The zero-order valence-corrected chi connectivity index (χ0v) is 18.7. The third kappa shape index (κ3) is 6.41. The van der Waals surface area contributed by atoms with E-state index in [4.69, 9.17) is 5.73 Å². The Kier molecular flexibility index (Phi) is 9.07. The van der Waals surface area contributed by atoms with E-state index in [0.717, 1.165) is 17.5 Å². The zero-order chi connectivity index (χ0) is 20.8. The number of carbonyl (C=O) groups excluding carboxylic acids is 2. The summed E-state index contributed by atoms with van der Waals surface area (Å²) >= 11 is 0. The van der Waals surface area contributed by atoms with Crippen LogP contribution >= 0.6 is 12.4 Å². The molecule has 0 spiro atoms. The van der Waals surface area contributed by atoms with Gasteiger partial charge in [0.1, 0.15) is 0 Å². The molecular formula is C25H33ClN2O2. The molecule has 30 heavy (non-hydrogen) atoms. The lowest BCUT2D eigenvalue weighted by Gasteiger charge is -2.33. The Morgan fingerprint density at radius 3 is 2.07 bits per heavy atom. The highest BCUT2D eigenvalue weighted by atomic mass is 35.5. The van der Waals surface area contributed by atoms with E-state index in [1.807, 2.05) is 47.4 Å². The molecule has 1 heterocycles. The molecule has 1 amide bonds. The van der Waals surface area contributed by atoms with Gasteiger partial charge in [-0.2, -0.15) is 0 Å². The predicted molar refractivity (Wildman–Crippen MR) is 124 cm³/mol. The number of hydrogen-bond acceptors (Lipinski definition) is 3. The van der Waals surface area contributed by atoms with Gasteiger partial charge in [-0.1, -0.05) is 68.4 Å². The number of piperidine rings is 1. The van der Waals surface area contributed by atoms with Crippen molar-refractivity contribution in [1.29, 1.82) is 0 Å². The summed E-state index contributed by atoms with van der Waals surface area (Å²) in [4.78, 5) is 27.4. The van der Waals surface area contributed by atoms with Crippen molar-refractivity contribution < 1.29 is 9.59 Å². The lowest BCUT2D eigenvalue weighted by Crippen LogP contribution is -2.48. The summed E-state index contributed by atoms with van der Waals surface area (Å²) in [5.41, 5.74) is 9.27. The van der Waals surface area contributed by atoms with E-state index in [2.05, 4.69) is 26.0 Å². The second-order valence-corrected chi connectivity index (χ2v) is 8.55. The quantitative estimate of drug-likeness (QED) is 0.669. The molecule has 1 aliphatic rings. The molecule has 2 aromatic carbocycles. The predicted octanol–water partition coefficient (Wildman–Crippen LogP) is 4.30. The molecular weight excluding hydrogens is 396 g/mol. The highest BCUT2D eigenvalue weighted by Gasteiger charge is 2.30. The van der Waals surface area contributed by atoms with Gasteiger partial charge in [-0.25, -0.2) is 0 Å². The first kappa shape index (κ1) is 24.1. The Labute approximate surface area is 186 Å². The Morgan fingerprint density at radius 1 is 0.933 bits per heavy atom. The first-order valence-electron chi connectivity index (χ1n) is 10.7. The maximum absolute atomic E-state index is 12.9. The number of rotatable bonds is 7. The number of amides is 1. The summed E-state index contributed by atoms with van der Waals surface area (Å²) in [7, 11) is 0. The van der Waals surface area contributed by atoms with Crippen molar-refractivity contribution in [3.8, 4) is 0 Å². The fourth-order valence-corrected chi connectivity index (χ4v) is 4.06. The second kappa shape index (κ2) is 11.3. The number of benzene rings is 2. The van der Waals surface area contributed by atoms with Crippen molar-refractivity contribution >= 4 is 24.1 Å². The molecule has 0 aliphatic carbocycles. The summed E-state index contributed by atoms with van der Waals surface area (Å²) in [6.07, 6.45) is 2.98. The summed E-state index contributed by atoms with van der Waals surface area (Å²) in [5.74, 6) is 0.770. The van der Waals surface area contributed by atoms with Crippen molar-refractivity contribution in [1.82, 2.24) is 4.90 Å². The molecule has 0 radical (unpaired) electrons. The van der Waals surface area contributed by atoms with Gasteiger partial charge in [0.05, 0.1) is 6.04 Å². The number of nitrogens with zero attached hydrogens (tertiary/aromatic N) is 1. The van der Waals surface area contributed by atoms with E-state index < -0.39 is 6.04 Å². The molecule has 5 heteroatoms. The highest BCUT2D eigenvalue weighted by molar-refractivity contribution is 5.98. The highest BCUT2D eigenvalue weighted by Crippen LogP contribution is 2.23. The first-order valence-corrected chi connectivity index (χ1v) is 10.7. The number of Topliss-reactive ketones (excluding diaryl/α,β-unsaturated/α-hetero) is 1. The van der Waals surface area contributed by atoms with Gasteiger partial charge in [-0.05, 0) is 42.7 Å². The van der Waals surface area contributed by atoms with Crippen LogP contribution in [-0.4, -0.2) is 35.7 Å². The minimum Gasteiger partial charge on any atom is -0.341 e. The van der Waals surface area contributed by atoms with Crippen LogP contribution in [0.3, 0.4) is 0 Å². The summed E-state index contributed by atoms with van der Waals surface area (Å²) < 4.78 is 0. The Morgan fingerprint density at radius 2 is 1.50 bits per heavy atom. The van der Waals surface area contributed by atoms with Crippen LogP contribution in [0.4, 0.5) is 0 Å². The smallest absolute Gasteiger partial charge is 0.239 e. The fraction of sp³-hybridized carbons (Fsp3) is 0.440. The standard InChI is InChI=1S/C25H32N2O2.ClH/c1-18(2)16-20-8-10-21(11-9-20)24(28)22-12-14-27(15-13-22)25(29)23(26)17-19-6-4-3-5-7-19;/h3-11,18,22-23H,12-17,26H2,1-2H3;1H. The van der Waals surface area contributed by atoms with Gasteiger partial charge >= 0.3 is 0 Å². The van der Waals surface area contributed by atoms with E-state index in [0.29, 0.717) is 38.3 Å². The summed E-state index contributed by atoms with van der Waals surface area (Å²) in [5, 5.41) is 0. The average molecular weight is 429 g/mol. The molecule has 1 saturated heterocycles. The topological polar surface area (TPSA) is 63.4 Å². The molecule has 0 saturated carbocycles. The Balaban J connectivity index is 0.00000320. The molecule has 0 aromatic heterocycles. The van der Waals surface area contributed by atoms with Crippen LogP contribution < -0.4 is 5.73 Å². The average Bonchev–Trinajstić information content (AvgIpc) is 2.73. The van der Waals surface area contributed by atoms with Gasteiger partial charge in [-0.15, -0.1) is 12.4 Å². The van der Waals surface area contributed by atoms with Crippen LogP contribution in [-0.2, 0) is 17.6 Å². The van der Waals surface area contributed by atoms with E-state index in [9.17, 15) is 9.59 Å². The second-order valence-electron chi connectivity index (χ2n) is 8.55. The van der Waals surface area contributed by atoms with E-state index in [1.165, 1.54) is 5.56 Å². The van der Waals surface area contributed by atoms with Crippen LogP contribution in [0, 0.1) is 11.8 Å². The third-order valence-electron chi connectivity index (χ3n) is 5.68. The van der Waals surface area contributed by atoms with Crippen LogP contribution in [0.5, 0.6) is 0 Å². The van der Waals surface area contributed by atoms with Crippen LogP contribution in [0.2, 0.25) is 0 Å². The maximum Gasteiger partial charge on any atom is 0.239 e. The van der Waals surface area contributed by atoms with Gasteiger partial charge in [0.15, 0.2) is 5.78 Å². The lowest BCUT2D eigenvalue weighted by atomic mass is 9.88. The molecule has 2 aromatic rings. The van der Waals surface area contributed by atoms with Crippen LogP contribution in [0.25, 0.3) is 0 Å². The van der Waals surface area contributed by atoms with Crippen molar-refractivity contribution in [2.75, 3.05) is 13.1 Å². The number of nitrogens with two attached hydrogens (primary N) is 1. The molecule has 1 fully saturated rings. The number of carbonyl (C=O) groups is 2. The van der Waals surface area contributed by atoms with Gasteiger partial charge in [0.25, 0.3) is 0 Å². The van der Waals surface area contributed by atoms with Gasteiger partial charge in [-0.3, -0.25) is 9.59 Å².